The molecule has 1 aromatic carbocycles. The number of benzene rings is 1. The van der Waals surface area contributed by atoms with E-state index in [1.165, 1.54) is 16.2 Å². The van der Waals surface area contributed by atoms with Gasteiger partial charge < -0.3 is 10.6 Å². The van der Waals surface area contributed by atoms with Crippen LogP contribution in [0.2, 0.25) is 5.02 Å². The quantitative estimate of drug-likeness (QED) is 0.761. The fraction of sp³-hybridized carbons (Fsp3) is 0.400. The molecular weight excluding hydrogens is 368 g/mol. The van der Waals surface area contributed by atoms with Crippen molar-refractivity contribution in [2.75, 3.05) is 11.9 Å². The van der Waals surface area contributed by atoms with Crippen LogP contribution in [0.5, 0.6) is 0 Å². The molecule has 0 unspecified atom stereocenters. The number of anilines is 1. The highest BCUT2D eigenvalue weighted by atomic mass is 35.5. The Balaban J connectivity index is 1.94. The Kier molecular flexibility index (Phi) is 5.99. The van der Waals surface area contributed by atoms with E-state index in [9.17, 15) is 9.59 Å². The van der Waals surface area contributed by atoms with Gasteiger partial charge in [0.15, 0.2) is 0 Å². The maximum Gasteiger partial charge on any atom is 0.257 e. The maximum atomic E-state index is 12.7. The van der Waals surface area contributed by atoms with Crippen molar-refractivity contribution < 1.29 is 9.59 Å². The predicted molar refractivity (Wildman–Crippen MR) is 108 cm³/mol. The number of hydrogen-bond donors (Lipinski definition) is 2. The molecule has 1 atom stereocenters. The number of amides is 2. The highest BCUT2D eigenvalue weighted by Gasteiger charge is 2.28. The first-order chi connectivity index (χ1) is 12.5. The lowest BCUT2D eigenvalue weighted by molar-refractivity contribution is 0.0953. The molecule has 3 rings (SSSR count). The van der Waals surface area contributed by atoms with Crippen LogP contribution >= 0.6 is 22.9 Å². The third-order valence-corrected chi connectivity index (χ3v) is 6.12. The van der Waals surface area contributed by atoms with E-state index in [4.69, 9.17) is 11.6 Å². The lowest BCUT2D eigenvalue weighted by atomic mass is 9.88. The number of hydrogen-bond acceptors (Lipinski definition) is 3. The van der Waals surface area contributed by atoms with E-state index in [-0.39, 0.29) is 11.8 Å². The Morgan fingerprint density at radius 1 is 1.27 bits per heavy atom. The average Bonchev–Trinajstić information content (AvgIpc) is 2.96. The van der Waals surface area contributed by atoms with Gasteiger partial charge in [-0.05, 0) is 49.3 Å². The Morgan fingerprint density at radius 2 is 2.04 bits per heavy atom. The number of thiophene rings is 1. The van der Waals surface area contributed by atoms with Gasteiger partial charge in [-0.2, -0.15) is 0 Å². The molecule has 138 valence electrons. The van der Waals surface area contributed by atoms with Crippen LogP contribution in [0.1, 0.15) is 57.8 Å². The SMILES string of the molecule is CCCNC(=O)c1c(NC(=O)c2ccccc2Cl)sc2c1CC[C@@H](C)C2. The fourth-order valence-corrected chi connectivity index (χ4v) is 4.85. The van der Waals surface area contributed by atoms with Crippen molar-refractivity contribution in [2.45, 2.75) is 39.5 Å². The molecule has 0 bridgehead atoms. The number of carbonyl (C=O) groups is 2. The summed E-state index contributed by atoms with van der Waals surface area (Å²) in [6, 6.07) is 6.93. The summed E-state index contributed by atoms with van der Waals surface area (Å²) in [5.74, 6) is 0.208. The molecule has 1 aromatic heterocycles. The van der Waals surface area contributed by atoms with Gasteiger partial charge in [-0.15, -0.1) is 11.3 Å². The van der Waals surface area contributed by atoms with E-state index >= 15 is 0 Å². The predicted octanol–water partition coefficient (Wildman–Crippen LogP) is 4.92. The van der Waals surface area contributed by atoms with Crippen LogP contribution in [0.15, 0.2) is 24.3 Å². The van der Waals surface area contributed by atoms with Crippen LogP contribution in [0.4, 0.5) is 5.00 Å². The van der Waals surface area contributed by atoms with E-state index in [0.717, 1.165) is 31.2 Å². The zero-order valence-electron chi connectivity index (χ0n) is 15.0. The third kappa shape index (κ3) is 3.94. The number of carbonyl (C=O) groups excluding carboxylic acids is 2. The third-order valence-electron chi connectivity index (χ3n) is 4.62. The molecule has 1 aliphatic rings. The molecule has 0 aliphatic heterocycles. The molecule has 4 nitrogen and oxygen atoms in total. The number of halogens is 1. The molecular formula is C20H23ClN2O2S. The highest BCUT2D eigenvalue weighted by molar-refractivity contribution is 7.17. The first-order valence-electron chi connectivity index (χ1n) is 8.99. The van der Waals surface area contributed by atoms with E-state index in [1.54, 1.807) is 24.3 Å². The molecule has 1 aliphatic carbocycles. The second kappa shape index (κ2) is 8.23. The normalized spacial score (nSPS) is 16.0. The van der Waals surface area contributed by atoms with Crippen LogP contribution in [0, 0.1) is 5.92 Å². The lowest BCUT2D eigenvalue weighted by Gasteiger charge is -2.18. The van der Waals surface area contributed by atoms with Crippen molar-refractivity contribution in [1.82, 2.24) is 5.32 Å². The van der Waals surface area contributed by atoms with Crippen LogP contribution in [0.3, 0.4) is 0 Å². The van der Waals surface area contributed by atoms with Crippen LogP contribution in [-0.4, -0.2) is 18.4 Å². The Hall–Kier alpha value is -1.85. The standard InChI is InChI=1S/C20H23ClN2O2S/c1-3-10-22-19(25)17-14-9-8-12(2)11-16(14)26-20(17)23-18(24)13-6-4-5-7-15(13)21/h4-7,12H,3,8-11H2,1-2H3,(H,22,25)(H,23,24)/t12-/m1/s1. The fourth-order valence-electron chi connectivity index (χ4n) is 3.22. The zero-order valence-corrected chi connectivity index (χ0v) is 16.6. The van der Waals surface area contributed by atoms with Crippen molar-refractivity contribution in [3.63, 3.8) is 0 Å². The number of nitrogens with one attached hydrogen (secondary N) is 2. The molecule has 2 N–H and O–H groups in total. The van der Waals surface area contributed by atoms with Crippen molar-refractivity contribution in [3.05, 3.63) is 50.9 Å². The summed E-state index contributed by atoms with van der Waals surface area (Å²) in [5, 5.41) is 6.91. The summed E-state index contributed by atoms with van der Waals surface area (Å²) in [6.07, 6.45) is 3.77. The van der Waals surface area contributed by atoms with Crippen LogP contribution < -0.4 is 10.6 Å². The van der Waals surface area contributed by atoms with E-state index in [2.05, 4.69) is 17.6 Å². The smallest absolute Gasteiger partial charge is 0.257 e. The Morgan fingerprint density at radius 3 is 2.77 bits per heavy atom. The van der Waals surface area contributed by atoms with E-state index < -0.39 is 0 Å². The van der Waals surface area contributed by atoms with Gasteiger partial charge >= 0.3 is 0 Å². The van der Waals surface area contributed by atoms with E-state index in [1.807, 2.05) is 6.92 Å². The first kappa shape index (κ1) is 18.9. The molecule has 0 saturated heterocycles. The minimum Gasteiger partial charge on any atom is -0.352 e. The second-order valence-corrected chi connectivity index (χ2v) is 8.26. The highest BCUT2D eigenvalue weighted by Crippen LogP contribution is 2.40. The van der Waals surface area contributed by atoms with Crippen LogP contribution in [0.25, 0.3) is 0 Å². The Bertz CT molecular complexity index is 831. The van der Waals surface area contributed by atoms with Crippen LogP contribution in [-0.2, 0) is 12.8 Å². The molecule has 0 fully saturated rings. The van der Waals surface area contributed by atoms with Crippen molar-refractivity contribution in [1.29, 1.82) is 0 Å². The number of fused-ring (bicyclic) bond motifs is 1. The zero-order chi connectivity index (χ0) is 18.7. The van der Waals surface area contributed by atoms with E-state index in [0.29, 0.717) is 33.6 Å². The van der Waals surface area contributed by atoms with Crippen molar-refractivity contribution in [3.8, 4) is 0 Å². The molecule has 1 heterocycles. The Labute approximate surface area is 162 Å². The van der Waals surface area contributed by atoms with Gasteiger partial charge in [-0.1, -0.05) is 37.6 Å². The van der Waals surface area contributed by atoms with Gasteiger partial charge in [0.2, 0.25) is 0 Å². The number of rotatable bonds is 5. The topological polar surface area (TPSA) is 58.2 Å². The van der Waals surface area contributed by atoms with Gasteiger partial charge in [0, 0.05) is 11.4 Å². The minimum atomic E-state index is -0.285. The van der Waals surface area contributed by atoms with Gasteiger partial charge in [-0.25, -0.2) is 0 Å². The van der Waals surface area contributed by atoms with Gasteiger partial charge in [0.25, 0.3) is 11.8 Å². The van der Waals surface area contributed by atoms with Gasteiger partial charge in [0.05, 0.1) is 16.1 Å². The molecule has 2 aromatic rings. The largest absolute Gasteiger partial charge is 0.352 e. The average molecular weight is 391 g/mol. The molecule has 0 spiro atoms. The van der Waals surface area contributed by atoms with Crippen molar-refractivity contribution in [2.24, 2.45) is 5.92 Å². The molecule has 0 radical (unpaired) electrons. The van der Waals surface area contributed by atoms with Crippen molar-refractivity contribution >= 4 is 39.8 Å². The second-order valence-electron chi connectivity index (χ2n) is 6.75. The van der Waals surface area contributed by atoms with Gasteiger partial charge in [0.1, 0.15) is 5.00 Å². The summed E-state index contributed by atoms with van der Waals surface area (Å²) in [7, 11) is 0. The lowest BCUT2D eigenvalue weighted by Crippen LogP contribution is -2.26. The minimum absolute atomic E-state index is 0.103. The summed E-state index contributed by atoms with van der Waals surface area (Å²) < 4.78 is 0. The maximum absolute atomic E-state index is 12.7. The molecule has 6 heteroatoms. The molecule has 0 saturated carbocycles. The summed E-state index contributed by atoms with van der Waals surface area (Å²) >= 11 is 7.66. The monoisotopic (exact) mass is 390 g/mol. The summed E-state index contributed by atoms with van der Waals surface area (Å²) in [6.45, 7) is 4.87. The molecule has 26 heavy (non-hydrogen) atoms. The summed E-state index contributed by atoms with van der Waals surface area (Å²) in [4.78, 5) is 26.6. The van der Waals surface area contributed by atoms with Gasteiger partial charge in [-0.3, -0.25) is 9.59 Å². The first-order valence-corrected chi connectivity index (χ1v) is 10.2. The summed E-state index contributed by atoms with van der Waals surface area (Å²) in [5.41, 5.74) is 2.13. The molecule has 2 amide bonds.